The van der Waals surface area contributed by atoms with Crippen molar-refractivity contribution < 1.29 is 9.13 Å². The van der Waals surface area contributed by atoms with Crippen molar-refractivity contribution in [3.8, 4) is 0 Å². The number of halogens is 1. The van der Waals surface area contributed by atoms with Crippen molar-refractivity contribution in [2.45, 2.75) is 70.6 Å². The molecule has 2 heteroatoms. The van der Waals surface area contributed by atoms with E-state index in [1.807, 2.05) is 0 Å². The Bertz CT molecular complexity index is 138. The molecular formula is C12H23FO. The molecule has 0 aromatic rings. The van der Waals surface area contributed by atoms with E-state index in [1.165, 1.54) is 32.1 Å². The number of hydrogen-bond donors (Lipinski definition) is 0. The van der Waals surface area contributed by atoms with Crippen LogP contribution in [0.1, 0.15) is 58.3 Å². The van der Waals surface area contributed by atoms with Crippen LogP contribution in [0.25, 0.3) is 0 Å². The molecule has 0 aliphatic carbocycles. The highest BCUT2D eigenvalue weighted by molar-refractivity contribution is 4.70. The molecule has 1 aliphatic rings. The Morgan fingerprint density at radius 1 is 1.21 bits per heavy atom. The third-order valence-electron chi connectivity index (χ3n) is 2.93. The minimum atomic E-state index is -0.607. The predicted octanol–water partition coefficient (Wildman–Crippen LogP) is 3.86. The molecule has 0 aromatic heterocycles. The summed E-state index contributed by atoms with van der Waals surface area (Å²) in [6.07, 6.45) is 8.32. The second kappa shape index (κ2) is 7.22. The standard InChI is InChI=1S/C12H23FO/c1-2-3-4-5-6-7-12-10-11(13)8-9-14-12/h11-12H,2-10H2,1H3. The molecule has 0 spiro atoms. The fourth-order valence-electron chi connectivity index (χ4n) is 2.01. The molecule has 0 saturated carbocycles. The molecule has 1 rings (SSSR count). The summed E-state index contributed by atoms with van der Waals surface area (Å²) in [5.74, 6) is 0. The second-order valence-corrected chi connectivity index (χ2v) is 4.32. The molecule has 0 aromatic carbocycles. The highest BCUT2D eigenvalue weighted by Crippen LogP contribution is 2.21. The highest BCUT2D eigenvalue weighted by atomic mass is 19.1. The van der Waals surface area contributed by atoms with Gasteiger partial charge in [-0.2, -0.15) is 0 Å². The van der Waals surface area contributed by atoms with Crippen molar-refractivity contribution in [2.24, 2.45) is 0 Å². The first-order valence-electron chi connectivity index (χ1n) is 6.08. The molecule has 0 N–H and O–H groups in total. The lowest BCUT2D eigenvalue weighted by molar-refractivity contribution is -0.0227. The van der Waals surface area contributed by atoms with Gasteiger partial charge < -0.3 is 4.74 Å². The highest BCUT2D eigenvalue weighted by Gasteiger charge is 2.21. The molecule has 1 heterocycles. The van der Waals surface area contributed by atoms with Gasteiger partial charge in [-0.05, 0) is 6.42 Å². The SMILES string of the molecule is CCCCCCCC1CC(F)CCO1. The van der Waals surface area contributed by atoms with Crippen LogP contribution in [0.2, 0.25) is 0 Å². The van der Waals surface area contributed by atoms with Gasteiger partial charge in [0.2, 0.25) is 0 Å². The zero-order valence-electron chi connectivity index (χ0n) is 9.30. The molecule has 1 saturated heterocycles. The van der Waals surface area contributed by atoms with Gasteiger partial charge in [-0.3, -0.25) is 0 Å². The summed E-state index contributed by atoms with van der Waals surface area (Å²) in [6, 6.07) is 0. The van der Waals surface area contributed by atoms with E-state index in [4.69, 9.17) is 4.74 Å². The Balaban J connectivity index is 1.95. The van der Waals surface area contributed by atoms with Gasteiger partial charge in [-0.1, -0.05) is 39.0 Å². The molecule has 1 fully saturated rings. The summed E-state index contributed by atoms with van der Waals surface area (Å²) in [5.41, 5.74) is 0. The molecule has 2 unspecified atom stereocenters. The molecule has 84 valence electrons. The van der Waals surface area contributed by atoms with Gasteiger partial charge in [0.15, 0.2) is 0 Å². The largest absolute Gasteiger partial charge is 0.378 e. The molecular weight excluding hydrogens is 179 g/mol. The summed E-state index contributed by atoms with van der Waals surface area (Å²) in [6.45, 7) is 2.85. The maximum absolute atomic E-state index is 13.0. The lowest BCUT2D eigenvalue weighted by Crippen LogP contribution is -2.26. The summed E-state index contributed by atoms with van der Waals surface area (Å²) < 4.78 is 18.5. The number of unbranched alkanes of at least 4 members (excludes halogenated alkanes) is 4. The van der Waals surface area contributed by atoms with E-state index in [9.17, 15) is 4.39 Å². The van der Waals surface area contributed by atoms with Gasteiger partial charge >= 0.3 is 0 Å². The number of hydrogen-bond acceptors (Lipinski definition) is 1. The van der Waals surface area contributed by atoms with Gasteiger partial charge in [0, 0.05) is 19.4 Å². The van der Waals surface area contributed by atoms with Crippen LogP contribution in [0.15, 0.2) is 0 Å². The van der Waals surface area contributed by atoms with Gasteiger partial charge in [0.1, 0.15) is 6.17 Å². The van der Waals surface area contributed by atoms with Crippen LogP contribution in [0.3, 0.4) is 0 Å². The van der Waals surface area contributed by atoms with E-state index in [0.717, 1.165) is 6.42 Å². The van der Waals surface area contributed by atoms with Crippen LogP contribution in [0, 0.1) is 0 Å². The second-order valence-electron chi connectivity index (χ2n) is 4.32. The minimum absolute atomic E-state index is 0.209. The Kier molecular flexibility index (Phi) is 6.17. The van der Waals surface area contributed by atoms with Crippen molar-refractivity contribution in [2.75, 3.05) is 6.61 Å². The average molecular weight is 202 g/mol. The first-order valence-corrected chi connectivity index (χ1v) is 6.08. The van der Waals surface area contributed by atoms with E-state index >= 15 is 0 Å². The molecule has 0 radical (unpaired) electrons. The lowest BCUT2D eigenvalue weighted by Gasteiger charge is -2.25. The van der Waals surface area contributed by atoms with E-state index in [0.29, 0.717) is 19.4 Å². The van der Waals surface area contributed by atoms with Crippen LogP contribution in [0.4, 0.5) is 4.39 Å². The number of alkyl halides is 1. The van der Waals surface area contributed by atoms with E-state index in [1.54, 1.807) is 0 Å². The summed E-state index contributed by atoms with van der Waals surface area (Å²) in [4.78, 5) is 0. The summed E-state index contributed by atoms with van der Waals surface area (Å²) in [7, 11) is 0. The van der Waals surface area contributed by atoms with Gasteiger partial charge in [0.25, 0.3) is 0 Å². The van der Waals surface area contributed by atoms with Crippen molar-refractivity contribution in [3.63, 3.8) is 0 Å². The molecule has 1 nitrogen and oxygen atoms in total. The fourth-order valence-corrected chi connectivity index (χ4v) is 2.01. The summed E-state index contributed by atoms with van der Waals surface area (Å²) >= 11 is 0. The van der Waals surface area contributed by atoms with Crippen LogP contribution >= 0.6 is 0 Å². The lowest BCUT2D eigenvalue weighted by atomic mass is 10.0. The van der Waals surface area contributed by atoms with Crippen molar-refractivity contribution >= 4 is 0 Å². The summed E-state index contributed by atoms with van der Waals surface area (Å²) in [5, 5.41) is 0. The topological polar surface area (TPSA) is 9.23 Å². The van der Waals surface area contributed by atoms with Crippen LogP contribution in [0.5, 0.6) is 0 Å². The van der Waals surface area contributed by atoms with Crippen LogP contribution < -0.4 is 0 Å². The number of ether oxygens (including phenoxy) is 1. The average Bonchev–Trinajstić information content (AvgIpc) is 2.18. The Hall–Kier alpha value is -0.110. The monoisotopic (exact) mass is 202 g/mol. The zero-order chi connectivity index (χ0) is 10.2. The number of rotatable bonds is 6. The first-order chi connectivity index (χ1) is 6.83. The smallest absolute Gasteiger partial charge is 0.105 e. The molecule has 2 atom stereocenters. The minimum Gasteiger partial charge on any atom is -0.378 e. The Labute approximate surface area is 87.0 Å². The molecule has 1 aliphatic heterocycles. The maximum atomic E-state index is 13.0. The zero-order valence-corrected chi connectivity index (χ0v) is 9.30. The predicted molar refractivity (Wildman–Crippen MR) is 57.2 cm³/mol. The Morgan fingerprint density at radius 2 is 2.00 bits per heavy atom. The van der Waals surface area contributed by atoms with Crippen LogP contribution in [-0.2, 0) is 4.74 Å². The quantitative estimate of drug-likeness (QED) is 0.594. The van der Waals surface area contributed by atoms with E-state index in [2.05, 4.69) is 6.92 Å². The maximum Gasteiger partial charge on any atom is 0.105 e. The van der Waals surface area contributed by atoms with Crippen molar-refractivity contribution in [1.82, 2.24) is 0 Å². The normalized spacial score (nSPS) is 27.9. The first kappa shape index (κ1) is 12.0. The van der Waals surface area contributed by atoms with E-state index in [-0.39, 0.29) is 6.10 Å². The Morgan fingerprint density at radius 3 is 2.71 bits per heavy atom. The van der Waals surface area contributed by atoms with Gasteiger partial charge in [-0.15, -0.1) is 0 Å². The molecule has 0 amide bonds. The fraction of sp³-hybridized carbons (Fsp3) is 1.00. The van der Waals surface area contributed by atoms with Gasteiger partial charge in [0.05, 0.1) is 6.10 Å². The third kappa shape index (κ3) is 4.94. The molecule has 0 bridgehead atoms. The molecule has 14 heavy (non-hydrogen) atoms. The van der Waals surface area contributed by atoms with Crippen molar-refractivity contribution in [3.05, 3.63) is 0 Å². The van der Waals surface area contributed by atoms with E-state index < -0.39 is 6.17 Å². The third-order valence-corrected chi connectivity index (χ3v) is 2.93. The van der Waals surface area contributed by atoms with Gasteiger partial charge in [-0.25, -0.2) is 4.39 Å². The van der Waals surface area contributed by atoms with Crippen molar-refractivity contribution in [1.29, 1.82) is 0 Å². The van der Waals surface area contributed by atoms with Crippen LogP contribution in [-0.4, -0.2) is 18.9 Å².